The molecule has 4 nitrogen and oxygen atoms in total. The number of nitrogens with one attached hydrogen (secondary N) is 1. The van der Waals surface area contributed by atoms with Crippen molar-refractivity contribution >= 4 is 29.8 Å². The van der Waals surface area contributed by atoms with Crippen molar-refractivity contribution in [3.05, 3.63) is 68.6 Å². The Morgan fingerprint density at radius 3 is 2.86 bits per heavy atom. The van der Waals surface area contributed by atoms with E-state index in [1.54, 1.807) is 34.4 Å². The monoisotopic (exact) mass is 318 g/mol. The van der Waals surface area contributed by atoms with Gasteiger partial charge in [-0.05, 0) is 41.4 Å². The van der Waals surface area contributed by atoms with Gasteiger partial charge in [-0.1, -0.05) is 18.2 Å². The van der Waals surface area contributed by atoms with Crippen molar-refractivity contribution in [3.8, 4) is 0 Å². The molecule has 0 aliphatic rings. The first-order valence-electron chi connectivity index (χ1n) is 6.21. The number of aromatic amines is 1. The van der Waals surface area contributed by atoms with Gasteiger partial charge in [0.1, 0.15) is 5.82 Å². The van der Waals surface area contributed by atoms with E-state index in [1.807, 2.05) is 17.5 Å². The van der Waals surface area contributed by atoms with E-state index in [0.29, 0.717) is 11.2 Å². The maximum Gasteiger partial charge on any atom is 0.216 e. The zero-order valence-electron chi connectivity index (χ0n) is 10.9. The Morgan fingerprint density at radius 2 is 2.14 bits per heavy atom. The Morgan fingerprint density at radius 1 is 1.33 bits per heavy atom. The molecule has 21 heavy (non-hydrogen) atoms. The fraction of sp³-hybridized carbons (Fsp3) is 0.0714. The van der Waals surface area contributed by atoms with E-state index in [1.165, 1.54) is 17.0 Å². The van der Waals surface area contributed by atoms with Gasteiger partial charge >= 0.3 is 0 Å². The van der Waals surface area contributed by atoms with E-state index in [9.17, 15) is 4.39 Å². The minimum absolute atomic E-state index is 0.273. The number of thiophene rings is 1. The highest BCUT2D eigenvalue weighted by Crippen LogP contribution is 2.13. The van der Waals surface area contributed by atoms with E-state index in [2.05, 4.69) is 15.3 Å². The van der Waals surface area contributed by atoms with Crippen LogP contribution >= 0.6 is 23.6 Å². The van der Waals surface area contributed by atoms with Gasteiger partial charge in [0.15, 0.2) is 5.82 Å². The van der Waals surface area contributed by atoms with Crippen LogP contribution in [-0.4, -0.2) is 21.1 Å². The second-order valence-electron chi connectivity index (χ2n) is 4.31. The molecule has 0 aliphatic carbocycles. The maximum absolute atomic E-state index is 12.9. The maximum atomic E-state index is 12.9. The number of rotatable bonds is 4. The summed E-state index contributed by atoms with van der Waals surface area (Å²) in [6.45, 7) is 0. The van der Waals surface area contributed by atoms with Crippen LogP contribution in [0, 0.1) is 10.6 Å². The fourth-order valence-corrected chi connectivity index (χ4v) is 2.70. The fourth-order valence-electron chi connectivity index (χ4n) is 1.80. The molecule has 0 aliphatic heterocycles. The minimum atomic E-state index is -0.273. The first-order chi connectivity index (χ1) is 10.2. The predicted molar refractivity (Wildman–Crippen MR) is 83.9 cm³/mol. The highest BCUT2D eigenvalue weighted by molar-refractivity contribution is 7.71. The van der Waals surface area contributed by atoms with Gasteiger partial charge in [-0.25, -0.2) is 4.39 Å². The Labute approximate surface area is 129 Å². The van der Waals surface area contributed by atoms with Crippen molar-refractivity contribution in [2.45, 2.75) is 6.42 Å². The summed E-state index contributed by atoms with van der Waals surface area (Å²) in [6, 6.07) is 10.1. The Kier molecular flexibility index (Phi) is 4.03. The van der Waals surface area contributed by atoms with Crippen molar-refractivity contribution in [2.75, 3.05) is 0 Å². The summed E-state index contributed by atoms with van der Waals surface area (Å²) in [6.07, 6.45) is 2.29. The second kappa shape index (κ2) is 6.11. The number of H-pyrrole nitrogens is 1. The highest BCUT2D eigenvalue weighted by atomic mass is 32.1. The molecule has 7 heteroatoms. The first-order valence-corrected chi connectivity index (χ1v) is 7.50. The number of aromatic nitrogens is 3. The molecular formula is C14H11FN4S2. The summed E-state index contributed by atoms with van der Waals surface area (Å²) in [5.74, 6) is 0.464. The molecule has 2 heterocycles. The van der Waals surface area contributed by atoms with E-state index in [0.717, 1.165) is 11.4 Å². The number of halogens is 1. The lowest BCUT2D eigenvalue weighted by atomic mass is 10.2. The third-order valence-electron chi connectivity index (χ3n) is 2.82. The largest absolute Gasteiger partial charge is 0.250 e. The Balaban J connectivity index is 1.86. The third-order valence-corrected chi connectivity index (χ3v) is 3.96. The summed E-state index contributed by atoms with van der Waals surface area (Å²) in [7, 11) is 0. The summed E-state index contributed by atoms with van der Waals surface area (Å²) in [5, 5.41) is 13.3. The summed E-state index contributed by atoms with van der Waals surface area (Å²) < 4.78 is 14.9. The average molecular weight is 318 g/mol. The average Bonchev–Trinajstić information content (AvgIpc) is 3.10. The molecule has 0 saturated carbocycles. The second-order valence-corrected chi connectivity index (χ2v) is 5.73. The predicted octanol–water partition coefficient (Wildman–Crippen LogP) is 3.61. The molecule has 0 atom stereocenters. The Bertz CT molecular complexity index is 800. The van der Waals surface area contributed by atoms with Gasteiger partial charge in [0, 0.05) is 11.3 Å². The van der Waals surface area contributed by atoms with Gasteiger partial charge in [-0.15, -0.1) is 11.3 Å². The van der Waals surface area contributed by atoms with Crippen molar-refractivity contribution < 1.29 is 4.39 Å². The molecular weight excluding hydrogens is 307 g/mol. The normalized spacial score (nSPS) is 11.3. The van der Waals surface area contributed by atoms with Crippen molar-refractivity contribution in [1.29, 1.82) is 0 Å². The molecule has 2 aromatic heterocycles. The molecule has 0 radical (unpaired) electrons. The van der Waals surface area contributed by atoms with Gasteiger partial charge in [-0.3, -0.25) is 5.10 Å². The van der Waals surface area contributed by atoms with Crippen LogP contribution in [0.5, 0.6) is 0 Å². The SMILES string of the molecule is Fc1ccc(/C=N\n2c(Cc3cccs3)n[nH]c2=S)cc1. The third kappa shape index (κ3) is 3.32. The lowest BCUT2D eigenvalue weighted by molar-refractivity contribution is 0.628. The molecule has 0 unspecified atom stereocenters. The molecule has 3 aromatic rings. The standard InChI is InChI=1S/C14H11FN4S2/c15-11-5-3-10(4-6-11)9-16-19-13(17-18-14(19)20)8-12-2-1-7-21-12/h1-7,9H,8H2,(H,18,20)/b16-9-. The van der Waals surface area contributed by atoms with Gasteiger partial charge < -0.3 is 0 Å². The van der Waals surface area contributed by atoms with Crippen LogP contribution in [0.3, 0.4) is 0 Å². The number of benzene rings is 1. The van der Waals surface area contributed by atoms with Crippen LogP contribution in [0.2, 0.25) is 0 Å². The summed E-state index contributed by atoms with van der Waals surface area (Å²) in [5.41, 5.74) is 0.793. The first kappa shape index (κ1) is 13.8. The van der Waals surface area contributed by atoms with Crippen LogP contribution in [-0.2, 0) is 6.42 Å². The number of hydrogen-bond acceptors (Lipinski definition) is 4. The zero-order valence-corrected chi connectivity index (χ0v) is 12.5. The van der Waals surface area contributed by atoms with Gasteiger partial charge in [0.05, 0.1) is 6.21 Å². The number of hydrogen-bond donors (Lipinski definition) is 1. The van der Waals surface area contributed by atoms with Crippen LogP contribution in [0.4, 0.5) is 4.39 Å². The van der Waals surface area contributed by atoms with E-state index in [4.69, 9.17) is 12.2 Å². The van der Waals surface area contributed by atoms with Crippen LogP contribution in [0.1, 0.15) is 16.3 Å². The highest BCUT2D eigenvalue weighted by Gasteiger charge is 2.06. The van der Waals surface area contributed by atoms with Crippen molar-refractivity contribution in [2.24, 2.45) is 5.10 Å². The van der Waals surface area contributed by atoms with Gasteiger partial charge in [0.25, 0.3) is 0 Å². The molecule has 106 valence electrons. The van der Waals surface area contributed by atoms with E-state index < -0.39 is 0 Å². The topological polar surface area (TPSA) is 46.0 Å². The van der Waals surface area contributed by atoms with Crippen LogP contribution in [0.15, 0.2) is 46.9 Å². The lowest BCUT2D eigenvalue weighted by Crippen LogP contribution is -1.99. The van der Waals surface area contributed by atoms with Crippen LogP contribution < -0.4 is 0 Å². The van der Waals surface area contributed by atoms with E-state index in [-0.39, 0.29) is 5.82 Å². The molecule has 0 fully saturated rings. The lowest BCUT2D eigenvalue weighted by Gasteiger charge is -1.99. The molecule has 0 spiro atoms. The number of nitrogens with zero attached hydrogens (tertiary/aromatic N) is 3. The van der Waals surface area contributed by atoms with E-state index >= 15 is 0 Å². The van der Waals surface area contributed by atoms with Crippen molar-refractivity contribution in [1.82, 2.24) is 14.9 Å². The van der Waals surface area contributed by atoms with Crippen LogP contribution in [0.25, 0.3) is 0 Å². The zero-order chi connectivity index (χ0) is 14.7. The molecule has 3 rings (SSSR count). The minimum Gasteiger partial charge on any atom is -0.250 e. The molecule has 0 amide bonds. The molecule has 0 saturated heterocycles. The molecule has 1 aromatic carbocycles. The van der Waals surface area contributed by atoms with Crippen molar-refractivity contribution in [3.63, 3.8) is 0 Å². The molecule has 0 bridgehead atoms. The quantitative estimate of drug-likeness (QED) is 0.590. The smallest absolute Gasteiger partial charge is 0.216 e. The molecule has 1 N–H and O–H groups in total. The van der Waals surface area contributed by atoms with Gasteiger partial charge in [0.2, 0.25) is 4.77 Å². The summed E-state index contributed by atoms with van der Waals surface area (Å²) in [4.78, 5) is 1.18. The Hall–Kier alpha value is -2.12. The summed E-state index contributed by atoms with van der Waals surface area (Å²) >= 11 is 6.84. The van der Waals surface area contributed by atoms with Gasteiger partial charge in [-0.2, -0.15) is 14.9 Å².